The Hall–Kier alpha value is -2.19. The zero-order valence-electron chi connectivity index (χ0n) is 16.9. The van der Waals surface area contributed by atoms with Crippen LogP contribution in [0.1, 0.15) is 47.9 Å². The molecule has 0 bridgehead atoms. The molecule has 3 heterocycles. The highest BCUT2D eigenvalue weighted by Gasteiger charge is 2.31. The third kappa shape index (κ3) is 4.09. The van der Waals surface area contributed by atoms with Gasteiger partial charge in [-0.15, -0.1) is 0 Å². The smallest absolute Gasteiger partial charge is 0.274 e. The van der Waals surface area contributed by atoms with Crippen LogP contribution < -0.4 is 0 Å². The Bertz CT molecular complexity index is 950. The number of hydrogen-bond acceptors (Lipinski definition) is 4. The van der Waals surface area contributed by atoms with Gasteiger partial charge in [0.05, 0.1) is 4.90 Å². The van der Waals surface area contributed by atoms with Crippen molar-refractivity contribution in [3.8, 4) is 0 Å². The first-order chi connectivity index (χ1) is 14.0. The van der Waals surface area contributed by atoms with E-state index in [0.717, 1.165) is 49.9 Å². The maximum Gasteiger partial charge on any atom is 0.274 e. The van der Waals surface area contributed by atoms with Crippen LogP contribution in [-0.4, -0.2) is 59.5 Å². The summed E-state index contributed by atoms with van der Waals surface area (Å²) in [6.45, 7) is 4.34. The lowest BCUT2D eigenvalue weighted by atomic mass is 10.1. The predicted molar refractivity (Wildman–Crippen MR) is 110 cm³/mol. The molecule has 1 aromatic carbocycles. The van der Waals surface area contributed by atoms with Gasteiger partial charge in [0.2, 0.25) is 10.0 Å². The van der Waals surface area contributed by atoms with Gasteiger partial charge in [-0.3, -0.25) is 9.48 Å². The van der Waals surface area contributed by atoms with Crippen molar-refractivity contribution in [3.63, 3.8) is 0 Å². The first-order valence-electron chi connectivity index (χ1n) is 10.4. The van der Waals surface area contributed by atoms with Crippen molar-refractivity contribution in [3.05, 3.63) is 47.3 Å². The Morgan fingerprint density at radius 2 is 1.76 bits per heavy atom. The van der Waals surface area contributed by atoms with Crippen molar-refractivity contribution in [2.75, 3.05) is 26.2 Å². The molecule has 2 aliphatic heterocycles. The van der Waals surface area contributed by atoms with Crippen LogP contribution in [0.15, 0.2) is 35.2 Å². The molecule has 7 nitrogen and oxygen atoms in total. The third-order valence-electron chi connectivity index (χ3n) is 5.76. The molecule has 0 spiro atoms. The quantitative estimate of drug-likeness (QED) is 0.750. The minimum absolute atomic E-state index is 0.104. The zero-order chi connectivity index (χ0) is 20.4. The van der Waals surface area contributed by atoms with Crippen LogP contribution in [0, 0.1) is 0 Å². The normalized spacial score (nSPS) is 17.9. The molecule has 29 heavy (non-hydrogen) atoms. The fraction of sp³-hybridized carbons (Fsp3) is 0.524. The average molecular weight is 417 g/mol. The van der Waals surface area contributed by atoms with E-state index in [2.05, 4.69) is 12.0 Å². The molecule has 1 fully saturated rings. The van der Waals surface area contributed by atoms with Gasteiger partial charge in [-0.05, 0) is 49.4 Å². The van der Waals surface area contributed by atoms with Gasteiger partial charge in [-0.1, -0.05) is 25.5 Å². The predicted octanol–water partition coefficient (Wildman–Crippen LogP) is 2.32. The maximum atomic E-state index is 12.9. The zero-order valence-corrected chi connectivity index (χ0v) is 17.7. The Morgan fingerprint density at radius 1 is 1.03 bits per heavy atom. The molecule has 156 valence electrons. The summed E-state index contributed by atoms with van der Waals surface area (Å²) in [6.07, 6.45) is 5.16. The number of fused-ring (bicyclic) bond motifs is 1. The number of hydrogen-bond donors (Lipinski definition) is 0. The number of aryl methyl sites for hydroxylation is 3. The summed E-state index contributed by atoms with van der Waals surface area (Å²) in [5.41, 5.74) is 2.74. The van der Waals surface area contributed by atoms with Crippen LogP contribution in [0.5, 0.6) is 0 Å². The van der Waals surface area contributed by atoms with Crippen LogP contribution in [0.25, 0.3) is 0 Å². The van der Waals surface area contributed by atoms with Crippen LogP contribution in [-0.2, 0) is 29.4 Å². The van der Waals surface area contributed by atoms with Crippen LogP contribution in [0.2, 0.25) is 0 Å². The summed E-state index contributed by atoms with van der Waals surface area (Å²) in [5.74, 6) is -0.104. The second-order valence-corrected chi connectivity index (χ2v) is 9.73. The molecule has 1 aromatic heterocycles. The van der Waals surface area contributed by atoms with E-state index in [-0.39, 0.29) is 5.91 Å². The first kappa shape index (κ1) is 20.1. The molecule has 1 saturated heterocycles. The van der Waals surface area contributed by atoms with Crippen molar-refractivity contribution < 1.29 is 13.2 Å². The monoisotopic (exact) mass is 416 g/mol. The largest absolute Gasteiger partial charge is 0.335 e. The highest BCUT2D eigenvalue weighted by molar-refractivity contribution is 7.89. The van der Waals surface area contributed by atoms with Crippen molar-refractivity contribution in [1.29, 1.82) is 0 Å². The van der Waals surface area contributed by atoms with Gasteiger partial charge in [0.1, 0.15) is 0 Å². The fourth-order valence-electron chi connectivity index (χ4n) is 4.08. The number of aromatic nitrogens is 2. The molecule has 0 aliphatic carbocycles. The second-order valence-electron chi connectivity index (χ2n) is 7.79. The van der Waals surface area contributed by atoms with E-state index in [9.17, 15) is 13.2 Å². The summed E-state index contributed by atoms with van der Waals surface area (Å²) in [5, 5.41) is 4.46. The highest BCUT2D eigenvalue weighted by Crippen LogP contribution is 2.21. The molecule has 0 radical (unpaired) electrons. The molecule has 0 saturated carbocycles. The number of nitrogens with zero attached hydrogens (tertiary/aromatic N) is 4. The summed E-state index contributed by atoms with van der Waals surface area (Å²) in [6, 6.07) is 9.04. The van der Waals surface area contributed by atoms with Crippen LogP contribution in [0.4, 0.5) is 0 Å². The molecule has 2 aliphatic rings. The number of carbonyl (C=O) groups is 1. The third-order valence-corrected chi connectivity index (χ3v) is 7.67. The summed E-state index contributed by atoms with van der Waals surface area (Å²) in [7, 11) is -3.53. The lowest BCUT2D eigenvalue weighted by molar-refractivity contribution is 0.0691. The lowest BCUT2D eigenvalue weighted by Crippen LogP contribution is -2.50. The van der Waals surface area contributed by atoms with Crippen molar-refractivity contribution in [2.45, 2.75) is 50.5 Å². The standard InChI is InChI=1S/C21H28N4O3S/c1-2-5-17-7-9-19(10-8-17)29(27,28)24-14-12-23(13-15-24)21(26)20-16-18-6-3-4-11-25(18)22-20/h7-10,16H,2-6,11-15H2,1H3. The summed E-state index contributed by atoms with van der Waals surface area (Å²) < 4.78 is 29.3. The second kappa shape index (κ2) is 8.28. The van der Waals surface area contributed by atoms with Crippen molar-refractivity contribution in [2.24, 2.45) is 0 Å². The number of carbonyl (C=O) groups excluding carboxylic acids is 1. The molecular weight excluding hydrogens is 388 g/mol. The van der Waals surface area contributed by atoms with Crippen molar-refractivity contribution >= 4 is 15.9 Å². The highest BCUT2D eigenvalue weighted by atomic mass is 32.2. The van der Waals surface area contributed by atoms with Gasteiger partial charge in [0.25, 0.3) is 5.91 Å². The van der Waals surface area contributed by atoms with Crippen LogP contribution in [0.3, 0.4) is 0 Å². The van der Waals surface area contributed by atoms with E-state index in [1.54, 1.807) is 17.0 Å². The molecule has 4 rings (SSSR count). The molecule has 2 aromatic rings. The SMILES string of the molecule is CCCc1ccc(S(=O)(=O)N2CCN(C(=O)c3cc4n(n3)CCCC4)CC2)cc1. The molecule has 0 unspecified atom stereocenters. The average Bonchev–Trinajstić information content (AvgIpc) is 3.18. The first-order valence-corrected chi connectivity index (χ1v) is 11.9. The number of piperazine rings is 1. The molecule has 0 N–H and O–H groups in total. The molecule has 8 heteroatoms. The summed E-state index contributed by atoms with van der Waals surface area (Å²) in [4.78, 5) is 14.9. The number of rotatable bonds is 5. The van der Waals surface area contributed by atoms with E-state index in [0.29, 0.717) is 36.8 Å². The molecular formula is C21H28N4O3S. The molecule has 0 atom stereocenters. The Labute approximate surface area is 172 Å². The minimum Gasteiger partial charge on any atom is -0.335 e. The van der Waals surface area contributed by atoms with Gasteiger partial charge in [0, 0.05) is 38.4 Å². The maximum absolute atomic E-state index is 12.9. The van der Waals surface area contributed by atoms with Gasteiger partial charge in [0.15, 0.2) is 5.69 Å². The summed E-state index contributed by atoms with van der Waals surface area (Å²) >= 11 is 0. The topological polar surface area (TPSA) is 75.5 Å². The molecule has 1 amide bonds. The van der Waals surface area contributed by atoms with E-state index in [1.807, 2.05) is 22.9 Å². The van der Waals surface area contributed by atoms with E-state index in [4.69, 9.17) is 0 Å². The van der Waals surface area contributed by atoms with Crippen molar-refractivity contribution in [1.82, 2.24) is 19.0 Å². The van der Waals surface area contributed by atoms with Gasteiger partial charge in [-0.25, -0.2) is 8.42 Å². The van der Waals surface area contributed by atoms with E-state index < -0.39 is 10.0 Å². The van der Waals surface area contributed by atoms with E-state index >= 15 is 0 Å². The number of benzene rings is 1. The van der Waals surface area contributed by atoms with Gasteiger partial charge < -0.3 is 4.90 Å². The lowest BCUT2D eigenvalue weighted by Gasteiger charge is -2.33. The van der Waals surface area contributed by atoms with Gasteiger partial charge in [-0.2, -0.15) is 9.40 Å². The van der Waals surface area contributed by atoms with Gasteiger partial charge >= 0.3 is 0 Å². The van der Waals surface area contributed by atoms with E-state index in [1.165, 1.54) is 4.31 Å². The minimum atomic E-state index is -3.53. The Morgan fingerprint density at radius 3 is 2.41 bits per heavy atom. The number of sulfonamides is 1. The number of amides is 1. The van der Waals surface area contributed by atoms with Crippen LogP contribution >= 0.6 is 0 Å². The Balaban J connectivity index is 1.40. The fourth-order valence-corrected chi connectivity index (χ4v) is 5.50. The Kier molecular flexibility index (Phi) is 5.74.